The predicted octanol–water partition coefficient (Wildman–Crippen LogP) is 3.77. The summed E-state index contributed by atoms with van der Waals surface area (Å²) in [5.41, 5.74) is 8.77. The van der Waals surface area contributed by atoms with E-state index in [-0.39, 0.29) is 11.8 Å². The van der Waals surface area contributed by atoms with Crippen LogP contribution in [0.4, 0.5) is 0 Å². The minimum atomic E-state index is -0.348. The number of nitrogens with one attached hydrogen (secondary N) is 2. The summed E-state index contributed by atoms with van der Waals surface area (Å²) in [4.78, 5) is 24.8. The monoisotopic (exact) mass is 459 g/mol. The number of carbonyl (C=O) groups is 2. The van der Waals surface area contributed by atoms with Crippen LogP contribution >= 0.6 is 22.6 Å². The van der Waals surface area contributed by atoms with Crippen LogP contribution < -0.4 is 10.9 Å². The first-order valence-corrected chi connectivity index (χ1v) is 9.16. The molecule has 1 aromatic heterocycles. The number of carbonyl (C=O) groups excluding carboxylic acids is 2. The van der Waals surface area contributed by atoms with E-state index in [9.17, 15) is 9.59 Å². The maximum absolute atomic E-state index is 12.5. The Morgan fingerprint density at radius 2 is 1.42 bits per heavy atom. The van der Waals surface area contributed by atoms with Gasteiger partial charge in [0.25, 0.3) is 11.8 Å². The van der Waals surface area contributed by atoms with Crippen molar-refractivity contribution in [3.8, 4) is 5.69 Å². The number of amides is 2. The van der Waals surface area contributed by atoms with Crippen LogP contribution in [-0.2, 0) is 0 Å². The average molecular weight is 459 g/mol. The van der Waals surface area contributed by atoms with E-state index in [1.165, 1.54) is 0 Å². The van der Waals surface area contributed by atoms with E-state index >= 15 is 0 Å². The van der Waals surface area contributed by atoms with E-state index in [2.05, 4.69) is 33.4 Å². The maximum Gasteiger partial charge on any atom is 0.271 e. The summed E-state index contributed by atoms with van der Waals surface area (Å²) in [5.74, 6) is -0.695. The number of hydrogen-bond acceptors (Lipinski definition) is 2. The molecule has 0 aliphatic rings. The zero-order valence-electron chi connectivity index (χ0n) is 14.4. The van der Waals surface area contributed by atoms with Crippen LogP contribution in [0.5, 0.6) is 0 Å². The molecule has 2 amide bonds. The number of halogens is 1. The number of aromatic nitrogens is 1. The number of nitrogens with zero attached hydrogens (tertiary/aromatic N) is 1. The Hall–Kier alpha value is -2.61. The van der Waals surface area contributed by atoms with E-state index in [1.54, 1.807) is 12.1 Å². The molecule has 2 N–H and O–H groups in total. The molecule has 1 heterocycles. The van der Waals surface area contributed by atoms with Crippen LogP contribution in [0.1, 0.15) is 32.1 Å². The molecule has 0 bridgehead atoms. The average Bonchev–Trinajstić information content (AvgIpc) is 2.95. The number of hydrogen-bond donors (Lipinski definition) is 2. The van der Waals surface area contributed by atoms with Crippen molar-refractivity contribution in [3.05, 3.63) is 86.7 Å². The lowest BCUT2D eigenvalue weighted by Gasteiger charge is -2.10. The van der Waals surface area contributed by atoms with Crippen LogP contribution in [0.3, 0.4) is 0 Å². The van der Waals surface area contributed by atoms with Crippen LogP contribution in [0.15, 0.2) is 60.7 Å². The minimum absolute atomic E-state index is 0.347. The van der Waals surface area contributed by atoms with Gasteiger partial charge in [0, 0.05) is 20.6 Å². The van der Waals surface area contributed by atoms with Gasteiger partial charge in [0.1, 0.15) is 0 Å². The van der Waals surface area contributed by atoms with Crippen molar-refractivity contribution in [2.75, 3.05) is 0 Å². The molecule has 0 aliphatic carbocycles. The zero-order valence-corrected chi connectivity index (χ0v) is 16.6. The van der Waals surface area contributed by atoms with Gasteiger partial charge in [0.05, 0.1) is 11.1 Å². The number of hydrazine groups is 1. The van der Waals surface area contributed by atoms with Crippen molar-refractivity contribution >= 4 is 34.4 Å². The van der Waals surface area contributed by atoms with E-state index in [1.807, 2.05) is 66.9 Å². The van der Waals surface area contributed by atoms with E-state index in [0.717, 1.165) is 20.6 Å². The van der Waals surface area contributed by atoms with Crippen molar-refractivity contribution in [3.63, 3.8) is 0 Å². The highest BCUT2D eigenvalue weighted by Crippen LogP contribution is 2.20. The molecule has 0 saturated heterocycles. The Balaban J connectivity index is 1.77. The molecule has 5 nitrogen and oxygen atoms in total. The highest BCUT2D eigenvalue weighted by molar-refractivity contribution is 14.1. The molecule has 0 aliphatic heterocycles. The van der Waals surface area contributed by atoms with Gasteiger partial charge in [-0.3, -0.25) is 20.4 Å². The summed E-state index contributed by atoms with van der Waals surface area (Å²) in [6.45, 7) is 3.83. The highest BCUT2D eigenvalue weighted by atomic mass is 127. The summed E-state index contributed by atoms with van der Waals surface area (Å²) in [5, 5.41) is 0. The molecular formula is C20H18IN3O2. The fraction of sp³-hybridized carbons (Fsp3) is 0.100. The third-order valence-corrected chi connectivity index (χ3v) is 5.04. The first-order valence-electron chi connectivity index (χ1n) is 8.08. The predicted molar refractivity (Wildman–Crippen MR) is 109 cm³/mol. The highest BCUT2D eigenvalue weighted by Gasteiger charge is 2.17. The maximum atomic E-state index is 12.5. The molecule has 0 fully saturated rings. The molecule has 6 heteroatoms. The van der Waals surface area contributed by atoms with Crippen LogP contribution in [0, 0.1) is 17.4 Å². The summed E-state index contributed by atoms with van der Waals surface area (Å²) in [6, 6.07) is 18.8. The van der Waals surface area contributed by atoms with Gasteiger partial charge in [-0.1, -0.05) is 30.3 Å². The number of para-hydroxylation sites is 1. The van der Waals surface area contributed by atoms with E-state index in [0.29, 0.717) is 11.1 Å². The summed E-state index contributed by atoms with van der Waals surface area (Å²) in [7, 11) is 0. The first-order chi connectivity index (χ1) is 12.5. The third-order valence-electron chi connectivity index (χ3n) is 4.10. The largest absolute Gasteiger partial charge is 0.318 e. The van der Waals surface area contributed by atoms with Gasteiger partial charge in [0.15, 0.2) is 0 Å². The second kappa shape index (κ2) is 7.74. The SMILES string of the molecule is Cc1cc(C(=O)NNC(=O)c2ccccc2I)c(C)n1-c1ccccc1. The standard InChI is InChI=1S/C20H18IN3O2/c1-13-12-17(14(2)24(13)15-8-4-3-5-9-15)20(26)23-22-19(25)16-10-6-7-11-18(16)21/h3-12H,1-2H3,(H,22,25)(H,23,26). The summed E-state index contributed by atoms with van der Waals surface area (Å²) >= 11 is 2.09. The molecule has 3 aromatic rings. The van der Waals surface area contributed by atoms with Crippen molar-refractivity contribution in [1.82, 2.24) is 15.4 Å². The lowest BCUT2D eigenvalue weighted by atomic mass is 10.2. The van der Waals surface area contributed by atoms with Gasteiger partial charge in [-0.2, -0.15) is 0 Å². The number of benzene rings is 2. The van der Waals surface area contributed by atoms with Crippen LogP contribution in [0.2, 0.25) is 0 Å². The Morgan fingerprint density at radius 1 is 0.846 bits per heavy atom. The normalized spacial score (nSPS) is 10.4. The minimum Gasteiger partial charge on any atom is -0.318 e. The molecule has 26 heavy (non-hydrogen) atoms. The van der Waals surface area contributed by atoms with Crippen molar-refractivity contribution in [1.29, 1.82) is 0 Å². The third kappa shape index (κ3) is 3.65. The van der Waals surface area contributed by atoms with Crippen LogP contribution in [0.25, 0.3) is 5.69 Å². The fourth-order valence-electron chi connectivity index (χ4n) is 2.86. The lowest BCUT2D eigenvalue weighted by Crippen LogP contribution is -2.42. The second-order valence-electron chi connectivity index (χ2n) is 5.84. The van der Waals surface area contributed by atoms with Gasteiger partial charge in [-0.15, -0.1) is 0 Å². The molecule has 0 spiro atoms. The zero-order chi connectivity index (χ0) is 18.7. The lowest BCUT2D eigenvalue weighted by molar-refractivity contribution is 0.0846. The van der Waals surface area contributed by atoms with Gasteiger partial charge in [-0.25, -0.2) is 0 Å². The Kier molecular flexibility index (Phi) is 5.41. The first kappa shape index (κ1) is 18.2. The summed E-state index contributed by atoms with van der Waals surface area (Å²) < 4.78 is 2.83. The summed E-state index contributed by atoms with van der Waals surface area (Å²) in [6.07, 6.45) is 0. The van der Waals surface area contributed by atoms with Crippen LogP contribution in [-0.4, -0.2) is 16.4 Å². The molecule has 2 aromatic carbocycles. The van der Waals surface area contributed by atoms with E-state index < -0.39 is 0 Å². The molecule has 3 rings (SSSR count). The molecule has 0 unspecified atom stereocenters. The topological polar surface area (TPSA) is 63.1 Å². The molecule has 132 valence electrons. The molecular weight excluding hydrogens is 441 g/mol. The Morgan fingerprint density at radius 3 is 2.08 bits per heavy atom. The van der Waals surface area contributed by atoms with Gasteiger partial charge < -0.3 is 4.57 Å². The smallest absolute Gasteiger partial charge is 0.271 e. The Labute approximate surface area is 165 Å². The van der Waals surface area contributed by atoms with Gasteiger partial charge in [0.2, 0.25) is 0 Å². The number of aryl methyl sites for hydroxylation is 1. The quantitative estimate of drug-likeness (QED) is 0.463. The molecule has 0 saturated carbocycles. The van der Waals surface area contributed by atoms with Gasteiger partial charge >= 0.3 is 0 Å². The molecule has 0 radical (unpaired) electrons. The number of rotatable bonds is 3. The fourth-order valence-corrected chi connectivity index (χ4v) is 3.49. The van der Waals surface area contributed by atoms with E-state index in [4.69, 9.17) is 0 Å². The van der Waals surface area contributed by atoms with Gasteiger partial charge in [-0.05, 0) is 66.8 Å². The Bertz CT molecular complexity index is 964. The van der Waals surface area contributed by atoms with Crippen molar-refractivity contribution < 1.29 is 9.59 Å². The van der Waals surface area contributed by atoms with Crippen molar-refractivity contribution in [2.24, 2.45) is 0 Å². The molecule has 0 atom stereocenters. The van der Waals surface area contributed by atoms with Crippen molar-refractivity contribution in [2.45, 2.75) is 13.8 Å². The second-order valence-corrected chi connectivity index (χ2v) is 7.01.